The fourth-order valence-electron chi connectivity index (χ4n) is 2.25. The van der Waals surface area contributed by atoms with E-state index in [1.165, 1.54) is 5.56 Å². The summed E-state index contributed by atoms with van der Waals surface area (Å²) in [6.07, 6.45) is 4.13. The summed E-state index contributed by atoms with van der Waals surface area (Å²) in [5, 5.41) is 7.78. The molecule has 4 nitrogen and oxygen atoms in total. The van der Waals surface area contributed by atoms with Gasteiger partial charge < -0.3 is 5.32 Å². The van der Waals surface area contributed by atoms with Crippen LogP contribution in [0.2, 0.25) is 0 Å². The molecule has 1 atom stereocenters. The number of nitrogens with zero attached hydrogens (tertiary/aromatic N) is 3. The van der Waals surface area contributed by atoms with E-state index in [0.29, 0.717) is 0 Å². The van der Waals surface area contributed by atoms with Crippen molar-refractivity contribution in [3.8, 4) is 0 Å². The first-order valence-electron chi connectivity index (χ1n) is 6.75. The fraction of sp³-hybridized carbons (Fsp3) is 0.250. The molecule has 20 heavy (non-hydrogen) atoms. The number of benzene rings is 1. The third-order valence-corrected chi connectivity index (χ3v) is 3.48. The Morgan fingerprint density at radius 2 is 1.85 bits per heavy atom. The molecule has 2 heterocycles. The molecule has 1 aromatic carbocycles. The van der Waals surface area contributed by atoms with Gasteiger partial charge in [0.05, 0.1) is 11.7 Å². The van der Waals surface area contributed by atoms with E-state index in [1.54, 1.807) is 0 Å². The average Bonchev–Trinajstić information content (AvgIpc) is 2.79. The minimum atomic E-state index is 0.0391. The maximum Gasteiger partial charge on any atom is 0.224 e. The molecule has 1 unspecified atom stereocenters. The smallest absolute Gasteiger partial charge is 0.224 e. The van der Waals surface area contributed by atoms with E-state index in [0.717, 1.165) is 22.9 Å². The van der Waals surface area contributed by atoms with Crippen molar-refractivity contribution in [2.24, 2.45) is 4.99 Å². The zero-order valence-corrected chi connectivity index (χ0v) is 12.0. The molecule has 0 fully saturated rings. The first-order valence-corrected chi connectivity index (χ1v) is 6.75. The van der Waals surface area contributed by atoms with Gasteiger partial charge in [-0.15, -0.1) is 0 Å². The quantitative estimate of drug-likeness (QED) is 0.862. The molecule has 0 amide bonds. The van der Waals surface area contributed by atoms with Gasteiger partial charge in [-0.25, -0.2) is 9.67 Å². The van der Waals surface area contributed by atoms with Crippen LogP contribution in [0.5, 0.6) is 0 Å². The molecule has 2 aromatic rings. The number of hydrogen-bond donors (Lipinski definition) is 1. The Balaban J connectivity index is 1.98. The summed E-state index contributed by atoms with van der Waals surface area (Å²) in [5.41, 5.74) is 4.47. The minimum absolute atomic E-state index is 0.0391. The van der Waals surface area contributed by atoms with E-state index in [2.05, 4.69) is 35.5 Å². The molecule has 1 aliphatic heterocycles. The summed E-state index contributed by atoms with van der Waals surface area (Å²) in [6, 6.07) is 10.3. The molecule has 1 aromatic heterocycles. The van der Waals surface area contributed by atoms with Gasteiger partial charge in [0, 0.05) is 11.9 Å². The fourth-order valence-corrected chi connectivity index (χ4v) is 2.25. The van der Waals surface area contributed by atoms with Crippen LogP contribution >= 0.6 is 0 Å². The highest BCUT2D eigenvalue weighted by Gasteiger charge is 2.16. The lowest BCUT2D eigenvalue weighted by atomic mass is 10.1. The summed E-state index contributed by atoms with van der Waals surface area (Å²) in [5.74, 6) is 0.773. The number of aromatic nitrogens is 2. The van der Waals surface area contributed by atoms with Gasteiger partial charge >= 0.3 is 0 Å². The summed E-state index contributed by atoms with van der Waals surface area (Å²) in [6.45, 7) is 6.11. The topological polar surface area (TPSA) is 42.2 Å². The Kier molecular flexibility index (Phi) is 3.14. The first-order chi connectivity index (χ1) is 9.63. The lowest BCUT2D eigenvalue weighted by Crippen LogP contribution is -2.32. The van der Waals surface area contributed by atoms with Crippen LogP contribution in [0.1, 0.15) is 29.8 Å². The zero-order chi connectivity index (χ0) is 14.1. The number of allylic oxidation sites excluding steroid dienone is 1. The highest BCUT2D eigenvalue weighted by atomic mass is 15.4. The molecule has 0 bridgehead atoms. The molecule has 4 heteroatoms. The highest BCUT2D eigenvalue weighted by molar-refractivity contribution is 5.84. The van der Waals surface area contributed by atoms with Crippen molar-refractivity contribution in [1.29, 1.82) is 0 Å². The molecular formula is C16H18N4. The van der Waals surface area contributed by atoms with Crippen LogP contribution in [0.15, 0.2) is 53.3 Å². The molecular weight excluding hydrogens is 248 g/mol. The van der Waals surface area contributed by atoms with Gasteiger partial charge in [-0.1, -0.05) is 30.3 Å². The molecule has 3 rings (SSSR count). The standard InChI is InChI=1S/C16H18N4/c1-11-10-20(19-13(11)3)16-17-12(2)9-15(18-16)14-7-5-4-6-8-14/h4-10,15H,1-3H3,(H,17,18). The Bertz CT molecular complexity index is 660. The van der Waals surface area contributed by atoms with E-state index in [4.69, 9.17) is 4.99 Å². The van der Waals surface area contributed by atoms with E-state index < -0.39 is 0 Å². The monoisotopic (exact) mass is 266 g/mol. The van der Waals surface area contributed by atoms with Gasteiger partial charge in [0.15, 0.2) is 0 Å². The third kappa shape index (κ3) is 2.37. The second-order valence-electron chi connectivity index (χ2n) is 5.12. The van der Waals surface area contributed by atoms with Crippen molar-refractivity contribution in [3.63, 3.8) is 0 Å². The van der Waals surface area contributed by atoms with Gasteiger partial charge in [-0.05, 0) is 38.0 Å². The number of aryl methyl sites for hydroxylation is 2. The van der Waals surface area contributed by atoms with Crippen LogP contribution in [0.25, 0.3) is 0 Å². The summed E-state index contributed by atoms with van der Waals surface area (Å²) < 4.78 is 1.82. The van der Waals surface area contributed by atoms with Crippen molar-refractivity contribution in [1.82, 2.24) is 15.1 Å². The lowest BCUT2D eigenvalue weighted by molar-refractivity contribution is 0.777. The molecule has 0 saturated carbocycles. The van der Waals surface area contributed by atoms with Crippen molar-refractivity contribution < 1.29 is 0 Å². The van der Waals surface area contributed by atoms with Gasteiger partial charge in [0.2, 0.25) is 5.96 Å². The van der Waals surface area contributed by atoms with Gasteiger partial charge in [0.25, 0.3) is 0 Å². The van der Waals surface area contributed by atoms with Gasteiger partial charge in [-0.3, -0.25) is 0 Å². The van der Waals surface area contributed by atoms with Crippen molar-refractivity contribution >= 4 is 5.96 Å². The van der Waals surface area contributed by atoms with Crippen LogP contribution in [-0.2, 0) is 0 Å². The van der Waals surface area contributed by atoms with Crippen LogP contribution in [-0.4, -0.2) is 15.7 Å². The Morgan fingerprint density at radius 3 is 2.50 bits per heavy atom. The molecule has 0 radical (unpaired) electrons. The van der Waals surface area contributed by atoms with Gasteiger partial charge in [-0.2, -0.15) is 5.10 Å². The predicted octanol–water partition coefficient (Wildman–Crippen LogP) is 2.95. The maximum atomic E-state index is 4.76. The van der Waals surface area contributed by atoms with Crippen molar-refractivity contribution in [2.45, 2.75) is 26.8 Å². The van der Waals surface area contributed by atoms with E-state index >= 15 is 0 Å². The Hall–Kier alpha value is -2.36. The number of nitrogens with one attached hydrogen (secondary N) is 1. The molecule has 0 spiro atoms. The Labute approximate surface area is 118 Å². The van der Waals surface area contributed by atoms with Crippen LogP contribution in [0.3, 0.4) is 0 Å². The van der Waals surface area contributed by atoms with E-state index in [-0.39, 0.29) is 6.04 Å². The average molecular weight is 266 g/mol. The second kappa shape index (κ2) is 4.96. The summed E-state index contributed by atoms with van der Waals surface area (Å²) in [4.78, 5) is 4.76. The number of aliphatic imine (C=N–C) groups is 1. The molecule has 0 saturated heterocycles. The minimum Gasteiger partial charge on any atom is -0.329 e. The van der Waals surface area contributed by atoms with Crippen molar-refractivity contribution in [2.75, 3.05) is 0 Å². The number of hydrogen-bond acceptors (Lipinski definition) is 3. The van der Waals surface area contributed by atoms with E-state index in [1.807, 2.05) is 42.9 Å². The zero-order valence-electron chi connectivity index (χ0n) is 12.0. The molecule has 1 aliphatic rings. The molecule has 1 N–H and O–H groups in total. The summed E-state index contributed by atoms with van der Waals surface area (Å²) >= 11 is 0. The summed E-state index contributed by atoms with van der Waals surface area (Å²) in [7, 11) is 0. The van der Waals surface area contributed by atoms with Gasteiger partial charge in [0.1, 0.15) is 0 Å². The van der Waals surface area contributed by atoms with Crippen LogP contribution in [0.4, 0.5) is 0 Å². The van der Waals surface area contributed by atoms with Crippen LogP contribution in [0, 0.1) is 13.8 Å². The highest BCUT2D eigenvalue weighted by Crippen LogP contribution is 2.22. The second-order valence-corrected chi connectivity index (χ2v) is 5.12. The molecule has 0 aliphatic carbocycles. The predicted molar refractivity (Wildman–Crippen MR) is 80.6 cm³/mol. The first kappa shape index (κ1) is 12.7. The Morgan fingerprint density at radius 1 is 1.10 bits per heavy atom. The van der Waals surface area contributed by atoms with E-state index in [9.17, 15) is 0 Å². The number of rotatable bonds is 1. The SMILES string of the molecule is CC1=CC(c2ccccc2)N=C(n2cc(C)c(C)n2)N1. The van der Waals surface area contributed by atoms with Crippen molar-refractivity contribution in [3.05, 3.63) is 65.1 Å². The maximum absolute atomic E-state index is 4.76. The molecule has 102 valence electrons. The lowest BCUT2D eigenvalue weighted by Gasteiger charge is -2.20. The third-order valence-electron chi connectivity index (χ3n) is 3.48. The van der Waals surface area contributed by atoms with Crippen LogP contribution < -0.4 is 5.32 Å². The largest absolute Gasteiger partial charge is 0.329 e. The normalized spacial score (nSPS) is 18.2.